The molecular weight excluding hydrogens is 242 g/mol. The zero-order valence-electron chi connectivity index (χ0n) is 9.09. The Labute approximate surface area is 103 Å². The van der Waals surface area contributed by atoms with Crippen LogP contribution in [0.4, 0.5) is 0 Å². The average Bonchev–Trinajstić information content (AvgIpc) is 2.73. The summed E-state index contributed by atoms with van der Waals surface area (Å²) in [7, 11) is 1.82. The maximum Gasteiger partial charge on any atom is 0.271 e. The number of carbonyl (C=O) groups excluding carboxylic acids is 1. The summed E-state index contributed by atoms with van der Waals surface area (Å²) in [6.45, 7) is 0.351. The number of hydrogen-bond donors (Lipinski definition) is 1. The van der Waals surface area contributed by atoms with Crippen LogP contribution in [0.5, 0.6) is 0 Å². The highest BCUT2D eigenvalue weighted by Gasteiger charge is 2.07. The van der Waals surface area contributed by atoms with Crippen LogP contribution in [0.2, 0.25) is 5.15 Å². The summed E-state index contributed by atoms with van der Waals surface area (Å²) >= 11 is 5.57. The molecule has 17 heavy (non-hydrogen) atoms. The Bertz CT molecular complexity index is 522. The number of amides is 1. The second kappa shape index (κ2) is 4.92. The van der Waals surface area contributed by atoms with Crippen molar-refractivity contribution < 1.29 is 4.79 Å². The predicted molar refractivity (Wildman–Crippen MR) is 61.4 cm³/mol. The van der Waals surface area contributed by atoms with Crippen LogP contribution < -0.4 is 5.32 Å². The minimum absolute atomic E-state index is 0.227. The molecule has 2 rings (SSSR count). The number of rotatable bonds is 3. The van der Waals surface area contributed by atoms with Crippen LogP contribution in [0, 0.1) is 0 Å². The quantitative estimate of drug-likeness (QED) is 0.876. The third kappa shape index (κ3) is 3.01. The van der Waals surface area contributed by atoms with Gasteiger partial charge in [-0.3, -0.25) is 9.48 Å². The summed E-state index contributed by atoms with van der Waals surface area (Å²) < 4.78 is 1.67. The fraction of sp³-hybridized carbons (Fsp3) is 0.200. The van der Waals surface area contributed by atoms with E-state index in [0.717, 1.165) is 5.69 Å². The monoisotopic (exact) mass is 251 g/mol. The van der Waals surface area contributed by atoms with Crippen LogP contribution in [0.15, 0.2) is 24.7 Å². The van der Waals surface area contributed by atoms with Crippen molar-refractivity contribution in [1.82, 2.24) is 25.1 Å². The van der Waals surface area contributed by atoms with Gasteiger partial charge in [0.25, 0.3) is 5.91 Å². The summed E-state index contributed by atoms with van der Waals surface area (Å²) in [4.78, 5) is 19.3. The van der Waals surface area contributed by atoms with Gasteiger partial charge in [0.15, 0.2) is 0 Å². The molecule has 6 nitrogen and oxygen atoms in total. The largest absolute Gasteiger partial charge is 0.345 e. The van der Waals surface area contributed by atoms with Crippen molar-refractivity contribution in [3.05, 3.63) is 41.2 Å². The topological polar surface area (TPSA) is 72.7 Å². The van der Waals surface area contributed by atoms with Crippen molar-refractivity contribution in [2.24, 2.45) is 7.05 Å². The normalized spacial score (nSPS) is 10.2. The molecule has 0 aliphatic rings. The SMILES string of the molecule is Cn1ccc(CNC(=O)c2cnc(Cl)cn2)n1. The molecule has 0 aliphatic heterocycles. The number of aryl methyl sites for hydroxylation is 1. The van der Waals surface area contributed by atoms with E-state index < -0.39 is 0 Å². The number of nitrogens with zero attached hydrogens (tertiary/aromatic N) is 4. The minimum Gasteiger partial charge on any atom is -0.345 e. The summed E-state index contributed by atoms with van der Waals surface area (Å²) in [6.07, 6.45) is 4.47. The molecule has 7 heteroatoms. The zero-order valence-corrected chi connectivity index (χ0v) is 9.85. The second-order valence-electron chi connectivity index (χ2n) is 3.39. The third-order valence-corrected chi connectivity index (χ3v) is 2.25. The van der Waals surface area contributed by atoms with Crippen molar-refractivity contribution >= 4 is 17.5 Å². The van der Waals surface area contributed by atoms with Crippen LogP contribution >= 0.6 is 11.6 Å². The van der Waals surface area contributed by atoms with E-state index >= 15 is 0 Å². The Hall–Kier alpha value is -1.95. The van der Waals surface area contributed by atoms with Gasteiger partial charge < -0.3 is 5.32 Å². The van der Waals surface area contributed by atoms with Gasteiger partial charge in [-0.25, -0.2) is 9.97 Å². The van der Waals surface area contributed by atoms with E-state index in [1.165, 1.54) is 12.4 Å². The second-order valence-corrected chi connectivity index (χ2v) is 3.78. The number of hydrogen-bond acceptors (Lipinski definition) is 4. The molecule has 2 heterocycles. The van der Waals surface area contributed by atoms with Crippen LogP contribution in [0.3, 0.4) is 0 Å². The molecule has 2 aromatic heterocycles. The van der Waals surface area contributed by atoms with E-state index in [-0.39, 0.29) is 16.8 Å². The standard InChI is InChI=1S/C10H10ClN5O/c1-16-3-2-7(15-16)4-14-10(17)8-5-13-9(11)6-12-8/h2-3,5-6H,4H2,1H3,(H,14,17). The van der Waals surface area contributed by atoms with E-state index in [4.69, 9.17) is 11.6 Å². The van der Waals surface area contributed by atoms with Gasteiger partial charge in [0.1, 0.15) is 10.8 Å². The Kier molecular flexibility index (Phi) is 3.34. The molecule has 1 N–H and O–H groups in total. The molecule has 2 aromatic rings. The minimum atomic E-state index is -0.306. The molecule has 88 valence electrons. The molecule has 0 spiro atoms. The number of aromatic nitrogens is 4. The lowest BCUT2D eigenvalue weighted by atomic mass is 10.4. The van der Waals surface area contributed by atoms with Gasteiger partial charge in [-0.1, -0.05) is 11.6 Å². The lowest BCUT2D eigenvalue weighted by Gasteiger charge is -2.01. The van der Waals surface area contributed by atoms with E-state index in [9.17, 15) is 4.79 Å². The first-order valence-corrected chi connectivity index (χ1v) is 5.27. The highest BCUT2D eigenvalue weighted by molar-refractivity contribution is 6.29. The predicted octanol–water partition coefficient (Wildman–Crippen LogP) is 0.793. The highest BCUT2D eigenvalue weighted by atomic mass is 35.5. The smallest absolute Gasteiger partial charge is 0.271 e. The van der Waals surface area contributed by atoms with Crippen LogP contribution in [0.25, 0.3) is 0 Å². The maximum absolute atomic E-state index is 11.6. The Balaban J connectivity index is 1.95. The lowest BCUT2D eigenvalue weighted by Crippen LogP contribution is -2.24. The van der Waals surface area contributed by atoms with E-state index in [2.05, 4.69) is 20.4 Å². The van der Waals surface area contributed by atoms with E-state index in [1.54, 1.807) is 4.68 Å². The molecular formula is C10H10ClN5O. The summed E-state index contributed by atoms with van der Waals surface area (Å²) in [5.74, 6) is -0.306. The van der Waals surface area contributed by atoms with Gasteiger partial charge in [-0.15, -0.1) is 0 Å². The van der Waals surface area contributed by atoms with Crippen molar-refractivity contribution in [3.63, 3.8) is 0 Å². The van der Waals surface area contributed by atoms with Crippen molar-refractivity contribution in [2.45, 2.75) is 6.54 Å². The molecule has 0 saturated heterocycles. The molecule has 0 aromatic carbocycles. The number of carbonyl (C=O) groups is 1. The lowest BCUT2D eigenvalue weighted by molar-refractivity contribution is 0.0945. The third-order valence-electron chi connectivity index (χ3n) is 2.05. The molecule has 0 unspecified atom stereocenters. The fourth-order valence-electron chi connectivity index (χ4n) is 1.25. The first kappa shape index (κ1) is 11.5. The van der Waals surface area contributed by atoms with Gasteiger partial charge in [0.05, 0.1) is 24.6 Å². The summed E-state index contributed by atoms with van der Waals surface area (Å²) in [5, 5.41) is 7.08. The fourth-order valence-corrected chi connectivity index (χ4v) is 1.35. The van der Waals surface area contributed by atoms with Crippen molar-refractivity contribution in [3.8, 4) is 0 Å². The molecule has 0 aliphatic carbocycles. The molecule has 0 fully saturated rings. The molecule has 0 bridgehead atoms. The number of nitrogens with one attached hydrogen (secondary N) is 1. The zero-order chi connectivity index (χ0) is 12.3. The average molecular weight is 252 g/mol. The van der Waals surface area contributed by atoms with Crippen molar-refractivity contribution in [2.75, 3.05) is 0 Å². The summed E-state index contributed by atoms with van der Waals surface area (Å²) in [6, 6.07) is 1.83. The first-order valence-electron chi connectivity index (χ1n) is 4.89. The molecule has 0 saturated carbocycles. The molecule has 0 atom stereocenters. The van der Waals surface area contributed by atoms with Crippen LogP contribution in [-0.4, -0.2) is 25.7 Å². The van der Waals surface area contributed by atoms with Gasteiger partial charge in [0, 0.05) is 13.2 Å². The van der Waals surface area contributed by atoms with E-state index in [1.807, 2.05) is 19.3 Å². The van der Waals surface area contributed by atoms with Crippen LogP contribution in [-0.2, 0) is 13.6 Å². The Morgan fingerprint density at radius 3 is 2.88 bits per heavy atom. The van der Waals surface area contributed by atoms with Crippen molar-refractivity contribution in [1.29, 1.82) is 0 Å². The maximum atomic E-state index is 11.6. The Morgan fingerprint density at radius 1 is 1.47 bits per heavy atom. The molecule has 1 amide bonds. The van der Waals surface area contributed by atoms with Gasteiger partial charge in [0.2, 0.25) is 0 Å². The molecule has 0 radical (unpaired) electrons. The van der Waals surface area contributed by atoms with Gasteiger partial charge >= 0.3 is 0 Å². The number of halogens is 1. The Morgan fingerprint density at radius 2 is 2.29 bits per heavy atom. The van der Waals surface area contributed by atoms with Gasteiger partial charge in [-0.05, 0) is 6.07 Å². The van der Waals surface area contributed by atoms with Gasteiger partial charge in [-0.2, -0.15) is 5.10 Å². The van der Waals surface area contributed by atoms with E-state index in [0.29, 0.717) is 6.54 Å². The van der Waals surface area contributed by atoms with Crippen LogP contribution in [0.1, 0.15) is 16.2 Å². The highest BCUT2D eigenvalue weighted by Crippen LogP contribution is 2.01. The summed E-state index contributed by atoms with van der Waals surface area (Å²) in [5.41, 5.74) is 1.01. The first-order chi connectivity index (χ1) is 8.15.